The second-order valence-electron chi connectivity index (χ2n) is 29.9. The summed E-state index contributed by atoms with van der Waals surface area (Å²) in [6, 6.07) is 0. The van der Waals surface area contributed by atoms with Gasteiger partial charge < -0.3 is 33.8 Å². The van der Waals surface area contributed by atoms with Gasteiger partial charge in [-0.2, -0.15) is 0 Å². The minimum atomic E-state index is -4.96. The number of phosphoric acid groups is 2. The Morgan fingerprint density at radius 2 is 0.490 bits per heavy atom. The molecule has 0 aromatic carbocycles. The van der Waals surface area contributed by atoms with Crippen molar-refractivity contribution in [3.63, 3.8) is 0 Å². The fourth-order valence-corrected chi connectivity index (χ4v) is 13.6. The van der Waals surface area contributed by atoms with Gasteiger partial charge in [-0.15, -0.1) is 0 Å². The van der Waals surface area contributed by atoms with E-state index in [1.165, 1.54) is 199 Å². The Morgan fingerprint density at radius 1 is 0.286 bits per heavy atom. The van der Waals surface area contributed by atoms with Crippen LogP contribution in [0.3, 0.4) is 0 Å². The average Bonchev–Trinajstić information content (AvgIpc) is 0.975. The Kier molecular flexibility index (Phi) is 66.8. The van der Waals surface area contributed by atoms with E-state index in [1.54, 1.807) is 0 Å². The predicted octanol–water partition coefficient (Wildman–Crippen LogP) is 23.2. The summed E-state index contributed by atoms with van der Waals surface area (Å²) < 4.78 is 68.6. The molecule has 0 amide bonds. The molecule has 0 aliphatic carbocycles. The van der Waals surface area contributed by atoms with E-state index in [9.17, 15) is 43.2 Å². The number of carbonyl (C=O) groups is 4. The Bertz CT molecular complexity index is 1920. The maximum absolute atomic E-state index is 13.1. The number of unbranched alkanes of at least 4 members (excludes halogenated alkanes) is 40. The van der Waals surface area contributed by atoms with E-state index < -0.39 is 97.5 Å². The third kappa shape index (κ3) is 69.8. The van der Waals surface area contributed by atoms with Gasteiger partial charge in [-0.3, -0.25) is 37.3 Å². The molecule has 582 valence electrons. The van der Waals surface area contributed by atoms with E-state index in [0.29, 0.717) is 25.7 Å². The first kappa shape index (κ1) is 96.1. The monoisotopic (exact) mass is 1440 g/mol. The van der Waals surface area contributed by atoms with Crippen LogP contribution in [0, 0.1) is 23.7 Å². The highest BCUT2D eigenvalue weighted by Crippen LogP contribution is 2.45. The highest BCUT2D eigenvalue weighted by molar-refractivity contribution is 7.47. The van der Waals surface area contributed by atoms with E-state index >= 15 is 0 Å². The zero-order valence-corrected chi connectivity index (χ0v) is 66.2. The van der Waals surface area contributed by atoms with E-state index in [2.05, 4.69) is 55.4 Å². The molecule has 0 bridgehead atoms. The zero-order chi connectivity index (χ0) is 72.4. The fraction of sp³-hybridized carbons (Fsp3) is 0.949. The van der Waals surface area contributed by atoms with Gasteiger partial charge in [0.2, 0.25) is 0 Å². The molecule has 7 atom stereocenters. The van der Waals surface area contributed by atoms with Crippen LogP contribution in [0.1, 0.15) is 402 Å². The summed E-state index contributed by atoms with van der Waals surface area (Å²) in [6.07, 6.45) is 54.3. The van der Waals surface area contributed by atoms with Crippen molar-refractivity contribution < 1.29 is 80.2 Å². The van der Waals surface area contributed by atoms with E-state index in [4.69, 9.17) is 37.0 Å². The van der Waals surface area contributed by atoms with E-state index in [-0.39, 0.29) is 25.7 Å². The highest BCUT2D eigenvalue weighted by Gasteiger charge is 2.30. The molecular formula is C79H154O17P2. The van der Waals surface area contributed by atoms with Gasteiger partial charge in [-0.25, -0.2) is 9.13 Å². The summed E-state index contributed by atoms with van der Waals surface area (Å²) in [4.78, 5) is 72.9. The molecule has 0 aromatic rings. The number of aliphatic hydroxyl groups is 1. The lowest BCUT2D eigenvalue weighted by atomic mass is 10.00. The molecule has 0 radical (unpaired) electrons. The molecule has 0 aliphatic heterocycles. The van der Waals surface area contributed by atoms with Crippen molar-refractivity contribution in [3.8, 4) is 0 Å². The van der Waals surface area contributed by atoms with Crippen LogP contribution >= 0.6 is 15.6 Å². The molecule has 0 heterocycles. The van der Waals surface area contributed by atoms with E-state index in [1.807, 2.05) is 0 Å². The molecule has 0 spiro atoms. The number of carbonyl (C=O) groups excluding carboxylic acids is 4. The normalized spacial score (nSPS) is 14.6. The lowest BCUT2D eigenvalue weighted by Crippen LogP contribution is -2.30. The van der Waals surface area contributed by atoms with Crippen molar-refractivity contribution in [1.29, 1.82) is 0 Å². The van der Waals surface area contributed by atoms with Gasteiger partial charge in [-0.1, -0.05) is 351 Å². The number of rotatable bonds is 76. The summed E-state index contributed by atoms with van der Waals surface area (Å²) in [5, 5.41) is 10.6. The Labute approximate surface area is 600 Å². The van der Waals surface area contributed by atoms with Crippen molar-refractivity contribution in [3.05, 3.63) is 0 Å². The number of esters is 4. The smallest absolute Gasteiger partial charge is 0.462 e. The number of hydrogen-bond donors (Lipinski definition) is 3. The van der Waals surface area contributed by atoms with Crippen LogP contribution in [-0.2, 0) is 65.4 Å². The first-order valence-corrected chi connectivity index (χ1v) is 43.8. The molecule has 4 unspecified atom stereocenters. The first-order chi connectivity index (χ1) is 47.2. The van der Waals surface area contributed by atoms with E-state index in [0.717, 1.165) is 120 Å². The summed E-state index contributed by atoms with van der Waals surface area (Å²) in [6.45, 7) is 14.2. The standard InChI is InChI=1S/C79H154O17P2/c1-9-71(7)57-49-41-35-37-44-52-60-77(82)90-66-74(95-78(83)61-53-45-34-30-26-22-18-17-20-24-28-32-40-48-56-70(5)6)67-93-97(85,86)91-63-73(80)64-92-98(87,88)94-68-75(96-79(84)62-54-46-38-36-42-50-58-72(8)10-2)65-89-76(81)59-51-43-33-29-25-21-16-14-12-11-13-15-19-23-27-31-39-47-55-69(3)4/h69-75,80H,9-68H2,1-8H3,(H,85,86)(H,87,88)/t71?,72?,73-,74+,75+/m0/s1. The summed E-state index contributed by atoms with van der Waals surface area (Å²) >= 11 is 0. The molecule has 0 saturated heterocycles. The molecule has 19 heteroatoms. The number of hydrogen-bond acceptors (Lipinski definition) is 15. The number of ether oxygens (including phenoxy) is 4. The van der Waals surface area contributed by atoms with Crippen LogP contribution in [0.2, 0.25) is 0 Å². The molecule has 0 aromatic heterocycles. The third-order valence-electron chi connectivity index (χ3n) is 19.0. The van der Waals surface area contributed by atoms with Gasteiger partial charge >= 0.3 is 39.5 Å². The lowest BCUT2D eigenvalue weighted by Gasteiger charge is -2.21. The summed E-state index contributed by atoms with van der Waals surface area (Å²) in [5.41, 5.74) is 0. The second-order valence-corrected chi connectivity index (χ2v) is 32.8. The predicted molar refractivity (Wildman–Crippen MR) is 400 cm³/mol. The minimum Gasteiger partial charge on any atom is -0.462 e. The highest BCUT2D eigenvalue weighted by atomic mass is 31.2. The molecule has 17 nitrogen and oxygen atoms in total. The van der Waals surface area contributed by atoms with Gasteiger partial charge in [0, 0.05) is 25.7 Å². The first-order valence-electron chi connectivity index (χ1n) is 40.8. The van der Waals surface area contributed by atoms with Crippen molar-refractivity contribution >= 4 is 39.5 Å². The van der Waals surface area contributed by atoms with Gasteiger partial charge in [0.15, 0.2) is 12.2 Å². The Balaban J connectivity index is 5.15. The molecule has 98 heavy (non-hydrogen) atoms. The number of aliphatic hydroxyl groups excluding tert-OH is 1. The zero-order valence-electron chi connectivity index (χ0n) is 64.4. The maximum atomic E-state index is 13.1. The Morgan fingerprint density at radius 3 is 0.724 bits per heavy atom. The molecule has 3 N–H and O–H groups in total. The van der Waals surface area contributed by atoms with Crippen LogP contribution in [0.25, 0.3) is 0 Å². The van der Waals surface area contributed by atoms with Crippen LogP contribution in [0.15, 0.2) is 0 Å². The van der Waals surface area contributed by atoms with Crippen molar-refractivity contribution in [1.82, 2.24) is 0 Å². The van der Waals surface area contributed by atoms with Crippen LogP contribution in [0.4, 0.5) is 0 Å². The van der Waals surface area contributed by atoms with Crippen LogP contribution in [0.5, 0.6) is 0 Å². The lowest BCUT2D eigenvalue weighted by molar-refractivity contribution is -0.161. The number of phosphoric ester groups is 2. The minimum absolute atomic E-state index is 0.103. The van der Waals surface area contributed by atoms with Crippen LogP contribution < -0.4 is 0 Å². The maximum Gasteiger partial charge on any atom is 0.472 e. The summed E-state index contributed by atoms with van der Waals surface area (Å²) in [5.74, 6) is 0.947. The largest absolute Gasteiger partial charge is 0.472 e. The quantitative estimate of drug-likeness (QED) is 0.0222. The molecule has 0 rings (SSSR count). The SMILES string of the molecule is CCC(C)CCCCCCCCC(=O)OC[C@H](COP(=O)(O)OC[C@H](O)COP(=O)(O)OC[C@@H](COC(=O)CCCCCCCCCCCCCCCCCCCCC(C)C)OC(=O)CCCCCCCCC(C)CC)OC(=O)CCCCCCCCCCCCCCCCC(C)C. The average molecular weight is 1440 g/mol. The fourth-order valence-electron chi connectivity index (χ4n) is 12.0. The van der Waals surface area contributed by atoms with Crippen molar-refractivity contribution in [2.45, 2.75) is 420 Å². The van der Waals surface area contributed by atoms with Gasteiger partial charge in [-0.05, 0) is 49.4 Å². The van der Waals surface area contributed by atoms with Crippen molar-refractivity contribution in [2.24, 2.45) is 23.7 Å². The van der Waals surface area contributed by atoms with Gasteiger partial charge in [0.1, 0.15) is 19.3 Å². The molecule has 0 saturated carbocycles. The summed E-state index contributed by atoms with van der Waals surface area (Å²) in [7, 11) is -9.92. The van der Waals surface area contributed by atoms with Crippen LogP contribution in [-0.4, -0.2) is 96.7 Å². The molecular weight excluding hydrogens is 1280 g/mol. The van der Waals surface area contributed by atoms with Crippen molar-refractivity contribution in [2.75, 3.05) is 39.6 Å². The van der Waals surface area contributed by atoms with Gasteiger partial charge in [0.05, 0.1) is 26.4 Å². The third-order valence-corrected chi connectivity index (χ3v) is 20.9. The topological polar surface area (TPSA) is 237 Å². The van der Waals surface area contributed by atoms with Gasteiger partial charge in [0.25, 0.3) is 0 Å². The molecule has 0 fully saturated rings. The Hall–Kier alpha value is -1.94. The second kappa shape index (κ2) is 68.2. The molecule has 0 aliphatic rings.